The SMILES string of the molecule is CCN(CC1CCCN(Cc2ccc(C(N)=O)cc2)C1)C(=O)c1cc2ccccc2[nH]1. The van der Waals surface area contributed by atoms with Crippen LogP contribution >= 0.6 is 0 Å². The maximum Gasteiger partial charge on any atom is 0.270 e. The van der Waals surface area contributed by atoms with Gasteiger partial charge in [-0.3, -0.25) is 14.5 Å². The summed E-state index contributed by atoms with van der Waals surface area (Å²) in [7, 11) is 0. The molecule has 2 aromatic carbocycles. The van der Waals surface area contributed by atoms with E-state index in [2.05, 4.69) is 9.88 Å². The van der Waals surface area contributed by atoms with E-state index in [0.29, 0.717) is 23.7 Å². The van der Waals surface area contributed by atoms with Crippen LogP contribution in [-0.2, 0) is 6.54 Å². The number of rotatable bonds is 7. The number of likely N-dealkylation sites (tertiary alicyclic amines) is 1. The first-order valence-corrected chi connectivity index (χ1v) is 11.0. The Bertz CT molecular complexity index is 1020. The molecule has 1 atom stereocenters. The summed E-state index contributed by atoms with van der Waals surface area (Å²) in [4.78, 5) is 32.0. The van der Waals surface area contributed by atoms with Gasteiger partial charge in [-0.1, -0.05) is 30.3 Å². The molecule has 3 N–H and O–H groups in total. The number of piperidine rings is 1. The van der Waals surface area contributed by atoms with E-state index in [1.165, 1.54) is 5.56 Å². The average Bonchev–Trinajstić information content (AvgIpc) is 3.22. The van der Waals surface area contributed by atoms with Gasteiger partial charge in [0.15, 0.2) is 0 Å². The number of nitrogens with zero attached hydrogens (tertiary/aromatic N) is 2. The number of para-hydroxylation sites is 1. The molecule has 2 amide bonds. The summed E-state index contributed by atoms with van der Waals surface area (Å²) in [5, 5.41) is 1.06. The molecule has 1 saturated heterocycles. The summed E-state index contributed by atoms with van der Waals surface area (Å²) in [6.45, 7) is 6.37. The highest BCUT2D eigenvalue weighted by Crippen LogP contribution is 2.22. The van der Waals surface area contributed by atoms with E-state index >= 15 is 0 Å². The number of nitrogens with two attached hydrogens (primary N) is 1. The molecule has 1 aliphatic rings. The maximum absolute atomic E-state index is 13.1. The van der Waals surface area contributed by atoms with Gasteiger partial charge in [0, 0.05) is 42.6 Å². The second kappa shape index (κ2) is 9.35. The molecule has 0 spiro atoms. The molecule has 0 aliphatic carbocycles. The summed E-state index contributed by atoms with van der Waals surface area (Å²) < 4.78 is 0. The normalized spacial score (nSPS) is 17.0. The number of primary amides is 1. The van der Waals surface area contributed by atoms with Gasteiger partial charge in [0.1, 0.15) is 5.69 Å². The topological polar surface area (TPSA) is 82.4 Å². The summed E-state index contributed by atoms with van der Waals surface area (Å²) in [6.07, 6.45) is 2.26. The number of carbonyl (C=O) groups is 2. The van der Waals surface area contributed by atoms with E-state index < -0.39 is 5.91 Å². The minimum atomic E-state index is -0.399. The van der Waals surface area contributed by atoms with Crippen molar-refractivity contribution in [3.05, 3.63) is 71.4 Å². The molecule has 1 fully saturated rings. The first-order valence-electron chi connectivity index (χ1n) is 11.0. The predicted octanol–water partition coefficient (Wildman–Crippen LogP) is 3.64. The van der Waals surface area contributed by atoms with Crippen LogP contribution < -0.4 is 5.73 Å². The van der Waals surface area contributed by atoms with Crippen LogP contribution in [-0.4, -0.2) is 52.8 Å². The molecular formula is C25H30N4O2. The van der Waals surface area contributed by atoms with E-state index in [1.54, 1.807) is 12.1 Å². The number of fused-ring (bicyclic) bond motifs is 1. The maximum atomic E-state index is 13.1. The van der Waals surface area contributed by atoms with E-state index in [1.807, 2.05) is 54.3 Å². The molecule has 162 valence electrons. The zero-order valence-corrected chi connectivity index (χ0v) is 18.0. The minimum absolute atomic E-state index is 0.0675. The number of amides is 2. The Kier molecular flexibility index (Phi) is 6.37. The molecule has 1 unspecified atom stereocenters. The Hall–Kier alpha value is -3.12. The molecule has 0 radical (unpaired) electrons. The molecule has 6 heteroatoms. The molecule has 2 heterocycles. The van der Waals surface area contributed by atoms with Crippen LogP contribution in [0.3, 0.4) is 0 Å². The van der Waals surface area contributed by atoms with E-state index in [-0.39, 0.29) is 5.91 Å². The molecule has 4 rings (SSSR count). The fourth-order valence-corrected chi connectivity index (χ4v) is 4.50. The standard InChI is InChI=1S/C25H30N4O2/c1-2-29(25(31)23-14-21-7-3-4-8-22(21)27-23)17-19-6-5-13-28(16-19)15-18-9-11-20(12-10-18)24(26)30/h3-4,7-12,14,19,27H,2,5-6,13,15-17H2,1H3,(H2,26,30). The molecule has 0 bridgehead atoms. The largest absolute Gasteiger partial charge is 0.366 e. The summed E-state index contributed by atoms with van der Waals surface area (Å²) in [6, 6.07) is 17.5. The van der Waals surface area contributed by atoms with Gasteiger partial charge in [-0.25, -0.2) is 0 Å². The third-order valence-corrected chi connectivity index (χ3v) is 6.16. The van der Waals surface area contributed by atoms with E-state index in [9.17, 15) is 9.59 Å². The Morgan fingerprint density at radius 1 is 1.16 bits per heavy atom. The minimum Gasteiger partial charge on any atom is -0.366 e. The van der Waals surface area contributed by atoms with Crippen molar-refractivity contribution in [1.29, 1.82) is 0 Å². The van der Waals surface area contributed by atoms with Crippen molar-refractivity contribution in [3.63, 3.8) is 0 Å². The first kappa shape index (κ1) is 21.1. The van der Waals surface area contributed by atoms with Crippen molar-refractivity contribution in [2.75, 3.05) is 26.2 Å². The van der Waals surface area contributed by atoms with Crippen molar-refractivity contribution < 1.29 is 9.59 Å². The van der Waals surface area contributed by atoms with Crippen LogP contribution in [0.25, 0.3) is 10.9 Å². The van der Waals surface area contributed by atoms with E-state index in [4.69, 9.17) is 5.73 Å². The van der Waals surface area contributed by atoms with Crippen LogP contribution in [0.1, 0.15) is 46.2 Å². The zero-order chi connectivity index (χ0) is 21.8. The number of nitrogens with one attached hydrogen (secondary N) is 1. The van der Waals surface area contributed by atoms with Crippen molar-refractivity contribution in [2.45, 2.75) is 26.3 Å². The summed E-state index contributed by atoms with van der Waals surface area (Å²) >= 11 is 0. The van der Waals surface area contributed by atoms with Gasteiger partial charge in [0.25, 0.3) is 5.91 Å². The number of hydrogen-bond acceptors (Lipinski definition) is 3. The second-order valence-corrected chi connectivity index (χ2v) is 8.42. The third kappa shape index (κ3) is 4.97. The van der Waals surface area contributed by atoms with Crippen molar-refractivity contribution in [3.8, 4) is 0 Å². The van der Waals surface area contributed by atoms with Crippen LogP contribution in [0.15, 0.2) is 54.6 Å². The number of aromatic nitrogens is 1. The Balaban J connectivity index is 1.38. The van der Waals surface area contributed by atoms with Crippen LogP contribution in [0.5, 0.6) is 0 Å². The van der Waals surface area contributed by atoms with Crippen molar-refractivity contribution in [1.82, 2.24) is 14.8 Å². The summed E-state index contributed by atoms with van der Waals surface area (Å²) in [5.74, 6) is 0.119. The number of hydrogen-bond donors (Lipinski definition) is 2. The number of benzene rings is 2. The van der Waals surface area contributed by atoms with Gasteiger partial charge in [0.2, 0.25) is 5.91 Å². The Labute approximate surface area is 183 Å². The highest BCUT2D eigenvalue weighted by atomic mass is 16.2. The van der Waals surface area contributed by atoms with Crippen LogP contribution in [0.4, 0.5) is 0 Å². The van der Waals surface area contributed by atoms with Crippen molar-refractivity contribution in [2.24, 2.45) is 11.7 Å². The van der Waals surface area contributed by atoms with Crippen molar-refractivity contribution >= 4 is 22.7 Å². The number of H-pyrrole nitrogens is 1. The fourth-order valence-electron chi connectivity index (χ4n) is 4.50. The van der Waals surface area contributed by atoms with Crippen LogP contribution in [0.2, 0.25) is 0 Å². The number of carbonyl (C=O) groups excluding carboxylic acids is 2. The van der Waals surface area contributed by atoms with Crippen LogP contribution in [0, 0.1) is 5.92 Å². The third-order valence-electron chi connectivity index (χ3n) is 6.16. The molecule has 0 saturated carbocycles. The molecule has 31 heavy (non-hydrogen) atoms. The Morgan fingerprint density at radius 3 is 2.65 bits per heavy atom. The lowest BCUT2D eigenvalue weighted by Crippen LogP contribution is -2.42. The second-order valence-electron chi connectivity index (χ2n) is 8.42. The molecule has 1 aliphatic heterocycles. The quantitative estimate of drug-likeness (QED) is 0.615. The lowest BCUT2D eigenvalue weighted by atomic mass is 9.96. The summed E-state index contributed by atoms with van der Waals surface area (Å²) in [5.41, 5.74) is 8.69. The van der Waals surface area contributed by atoms with Gasteiger partial charge in [-0.05, 0) is 62.1 Å². The zero-order valence-electron chi connectivity index (χ0n) is 18.0. The van der Waals surface area contributed by atoms with Gasteiger partial charge in [0.05, 0.1) is 0 Å². The number of aromatic amines is 1. The smallest absolute Gasteiger partial charge is 0.270 e. The predicted molar refractivity (Wildman–Crippen MR) is 123 cm³/mol. The highest BCUT2D eigenvalue weighted by molar-refractivity contribution is 5.98. The Morgan fingerprint density at radius 2 is 1.94 bits per heavy atom. The molecular weight excluding hydrogens is 388 g/mol. The van der Waals surface area contributed by atoms with Gasteiger partial charge >= 0.3 is 0 Å². The molecule has 1 aromatic heterocycles. The van der Waals surface area contributed by atoms with Gasteiger partial charge in [-0.2, -0.15) is 0 Å². The lowest BCUT2D eigenvalue weighted by molar-refractivity contribution is 0.0680. The average molecular weight is 419 g/mol. The van der Waals surface area contributed by atoms with Gasteiger partial charge in [-0.15, -0.1) is 0 Å². The monoisotopic (exact) mass is 418 g/mol. The van der Waals surface area contributed by atoms with E-state index in [0.717, 1.165) is 49.9 Å². The van der Waals surface area contributed by atoms with Gasteiger partial charge < -0.3 is 15.6 Å². The fraction of sp³-hybridized carbons (Fsp3) is 0.360. The lowest BCUT2D eigenvalue weighted by Gasteiger charge is -2.35. The molecule has 3 aromatic rings. The highest BCUT2D eigenvalue weighted by Gasteiger charge is 2.25. The first-order chi connectivity index (χ1) is 15.0. The molecule has 6 nitrogen and oxygen atoms in total.